The topological polar surface area (TPSA) is 121 Å². The molecule has 1 aromatic carbocycles. The molecule has 7 nitrogen and oxygen atoms in total. The Bertz CT molecular complexity index is 598. The molecule has 0 unspecified atom stereocenters. The Morgan fingerprint density at radius 2 is 2.00 bits per heavy atom. The number of aromatic carboxylic acids is 1. The van der Waals surface area contributed by atoms with Gasteiger partial charge in [-0.15, -0.1) is 0 Å². The fraction of sp³-hybridized carbons (Fsp3) is 0.417. The summed E-state index contributed by atoms with van der Waals surface area (Å²) in [5, 5.41) is 23.3. The molecule has 0 aliphatic carbocycles. The summed E-state index contributed by atoms with van der Waals surface area (Å²) in [6.45, 7) is 3.78. The zero-order valence-corrected chi connectivity index (χ0v) is 12.1. The minimum absolute atomic E-state index is 0.0550. The van der Waals surface area contributed by atoms with Crippen molar-refractivity contribution in [1.82, 2.24) is 0 Å². The maximum Gasteiger partial charge on any atom is 0.337 e. The standard InChI is InChI=1S/C12H18N2O5S/c1-8(2)14(5-6-15)11-4-3-9(20(13,18)19)7-10(11)12(16)17/h3-4,7-8,15H,5-6H2,1-2H3,(H,16,17)(H2,13,18,19). The number of rotatable bonds is 6. The van der Waals surface area contributed by atoms with Gasteiger partial charge in [0, 0.05) is 12.6 Å². The number of carboxylic acids is 1. The molecule has 0 heterocycles. The number of anilines is 1. The number of nitrogens with zero attached hydrogens (tertiary/aromatic N) is 1. The molecule has 0 spiro atoms. The summed E-state index contributed by atoms with van der Waals surface area (Å²) in [7, 11) is -3.97. The van der Waals surface area contributed by atoms with Gasteiger partial charge in [0.25, 0.3) is 0 Å². The van der Waals surface area contributed by atoms with Gasteiger partial charge in [-0.2, -0.15) is 0 Å². The summed E-state index contributed by atoms with van der Waals surface area (Å²) in [4.78, 5) is 12.7. The fourth-order valence-corrected chi connectivity index (χ4v) is 2.42. The molecule has 8 heteroatoms. The van der Waals surface area contributed by atoms with E-state index >= 15 is 0 Å². The second kappa shape index (κ2) is 6.21. The molecule has 0 atom stereocenters. The second-order valence-electron chi connectivity index (χ2n) is 4.54. The number of carboxylic acid groups (broad SMARTS) is 1. The lowest BCUT2D eigenvalue weighted by Crippen LogP contribution is -2.34. The van der Waals surface area contributed by atoms with Crippen LogP contribution in [0.4, 0.5) is 5.69 Å². The van der Waals surface area contributed by atoms with Crippen LogP contribution < -0.4 is 10.0 Å². The highest BCUT2D eigenvalue weighted by Gasteiger charge is 2.21. The Morgan fingerprint density at radius 3 is 2.40 bits per heavy atom. The van der Waals surface area contributed by atoms with E-state index in [0.29, 0.717) is 5.69 Å². The zero-order valence-electron chi connectivity index (χ0n) is 11.3. The Labute approximate surface area is 117 Å². The van der Waals surface area contributed by atoms with Crippen molar-refractivity contribution in [2.45, 2.75) is 24.8 Å². The van der Waals surface area contributed by atoms with E-state index in [-0.39, 0.29) is 29.7 Å². The van der Waals surface area contributed by atoms with Gasteiger partial charge < -0.3 is 15.1 Å². The number of aliphatic hydroxyl groups is 1. The van der Waals surface area contributed by atoms with Crippen molar-refractivity contribution < 1.29 is 23.4 Å². The highest BCUT2D eigenvalue weighted by molar-refractivity contribution is 7.89. The van der Waals surface area contributed by atoms with Gasteiger partial charge >= 0.3 is 5.97 Å². The Balaban J connectivity index is 3.43. The van der Waals surface area contributed by atoms with Crippen LogP contribution in [0.1, 0.15) is 24.2 Å². The Kier molecular flexibility index (Phi) is 5.09. The normalized spacial score (nSPS) is 11.7. The predicted molar refractivity (Wildman–Crippen MR) is 74.3 cm³/mol. The van der Waals surface area contributed by atoms with Crippen LogP contribution in [0.3, 0.4) is 0 Å². The average Bonchev–Trinajstić information content (AvgIpc) is 2.33. The summed E-state index contributed by atoms with van der Waals surface area (Å²) in [5.41, 5.74) is 0.174. The molecule has 4 N–H and O–H groups in total. The first-order chi connectivity index (χ1) is 9.18. The Hall–Kier alpha value is -1.64. The molecule has 20 heavy (non-hydrogen) atoms. The summed E-state index contributed by atoms with van der Waals surface area (Å²) in [6, 6.07) is 3.61. The van der Waals surface area contributed by atoms with Crippen LogP contribution in [0, 0.1) is 0 Å². The molecule has 0 amide bonds. The van der Waals surface area contributed by atoms with Gasteiger partial charge in [0.05, 0.1) is 22.8 Å². The summed E-state index contributed by atoms with van der Waals surface area (Å²) in [6.07, 6.45) is 0. The largest absolute Gasteiger partial charge is 0.478 e. The Morgan fingerprint density at radius 1 is 1.40 bits per heavy atom. The van der Waals surface area contributed by atoms with Crippen LogP contribution in [0.15, 0.2) is 23.1 Å². The molecule has 0 aliphatic rings. The van der Waals surface area contributed by atoms with Crippen molar-refractivity contribution >= 4 is 21.7 Å². The number of hydrogen-bond acceptors (Lipinski definition) is 5. The first-order valence-electron chi connectivity index (χ1n) is 5.96. The molecule has 0 aliphatic heterocycles. The molecule has 0 radical (unpaired) electrons. The van der Waals surface area contributed by atoms with Crippen molar-refractivity contribution in [2.75, 3.05) is 18.1 Å². The highest BCUT2D eigenvalue weighted by atomic mass is 32.2. The molecule has 0 bridgehead atoms. The van der Waals surface area contributed by atoms with Gasteiger partial charge in [0.2, 0.25) is 10.0 Å². The van der Waals surface area contributed by atoms with Crippen LogP contribution in [-0.2, 0) is 10.0 Å². The molecule has 0 saturated carbocycles. The summed E-state index contributed by atoms with van der Waals surface area (Å²) < 4.78 is 22.6. The van der Waals surface area contributed by atoms with E-state index in [2.05, 4.69) is 0 Å². The van der Waals surface area contributed by atoms with Crippen LogP contribution in [0.5, 0.6) is 0 Å². The van der Waals surface area contributed by atoms with Gasteiger partial charge in [0.15, 0.2) is 0 Å². The van der Waals surface area contributed by atoms with Crippen LogP contribution in [0.25, 0.3) is 0 Å². The molecule has 0 aromatic heterocycles. The lowest BCUT2D eigenvalue weighted by Gasteiger charge is -2.29. The number of primary sulfonamides is 1. The smallest absolute Gasteiger partial charge is 0.337 e. The third kappa shape index (κ3) is 3.69. The quantitative estimate of drug-likeness (QED) is 0.692. The van der Waals surface area contributed by atoms with Crippen molar-refractivity contribution in [3.05, 3.63) is 23.8 Å². The number of benzene rings is 1. The van der Waals surface area contributed by atoms with E-state index in [1.54, 1.807) is 4.90 Å². The zero-order chi connectivity index (χ0) is 15.5. The van der Waals surface area contributed by atoms with E-state index < -0.39 is 16.0 Å². The van der Waals surface area contributed by atoms with Crippen molar-refractivity contribution in [3.63, 3.8) is 0 Å². The number of sulfonamides is 1. The van der Waals surface area contributed by atoms with Gasteiger partial charge in [-0.05, 0) is 32.0 Å². The maximum absolute atomic E-state index is 11.3. The van der Waals surface area contributed by atoms with Gasteiger partial charge in [-0.25, -0.2) is 18.4 Å². The van der Waals surface area contributed by atoms with E-state index in [9.17, 15) is 18.3 Å². The van der Waals surface area contributed by atoms with Crippen LogP contribution in [0.2, 0.25) is 0 Å². The van der Waals surface area contributed by atoms with Gasteiger partial charge in [-0.1, -0.05) is 0 Å². The number of nitrogens with two attached hydrogens (primary N) is 1. The first kappa shape index (κ1) is 16.4. The molecular weight excluding hydrogens is 284 g/mol. The van der Waals surface area contributed by atoms with Crippen molar-refractivity contribution in [1.29, 1.82) is 0 Å². The summed E-state index contributed by atoms with van der Waals surface area (Å²) >= 11 is 0. The van der Waals surface area contributed by atoms with E-state index in [1.165, 1.54) is 12.1 Å². The van der Waals surface area contributed by atoms with Crippen molar-refractivity contribution in [3.8, 4) is 0 Å². The minimum atomic E-state index is -3.97. The second-order valence-corrected chi connectivity index (χ2v) is 6.10. The number of carbonyl (C=O) groups is 1. The number of aliphatic hydroxyl groups excluding tert-OH is 1. The monoisotopic (exact) mass is 302 g/mol. The van der Waals surface area contributed by atoms with Crippen molar-refractivity contribution in [2.24, 2.45) is 5.14 Å². The fourth-order valence-electron chi connectivity index (χ4n) is 1.88. The van der Waals surface area contributed by atoms with E-state index in [4.69, 9.17) is 10.2 Å². The minimum Gasteiger partial charge on any atom is -0.478 e. The lowest BCUT2D eigenvalue weighted by molar-refractivity contribution is 0.0697. The third-order valence-corrected chi connectivity index (χ3v) is 3.71. The molecule has 1 rings (SSSR count). The molecule has 0 fully saturated rings. The lowest BCUT2D eigenvalue weighted by atomic mass is 10.1. The van der Waals surface area contributed by atoms with Gasteiger partial charge in [0.1, 0.15) is 0 Å². The van der Waals surface area contributed by atoms with E-state index in [0.717, 1.165) is 6.07 Å². The highest BCUT2D eigenvalue weighted by Crippen LogP contribution is 2.25. The van der Waals surface area contributed by atoms with Crippen LogP contribution in [-0.4, -0.2) is 43.8 Å². The maximum atomic E-state index is 11.3. The SMILES string of the molecule is CC(C)N(CCO)c1ccc(S(N)(=O)=O)cc1C(=O)O. The molecular formula is C12H18N2O5S. The molecule has 1 aromatic rings. The predicted octanol–water partition coefficient (Wildman–Crippen LogP) is 0.239. The third-order valence-electron chi connectivity index (χ3n) is 2.80. The average molecular weight is 302 g/mol. The number of hydrogen-bond donors (Lipinski definition) is 3. The van der Waals surface area contributed by atoms with Crippen LogP contribution >= 0.6 is 0 Å². The van der Waals surface area contributed by atoms with Gasteiger partial charge in [-0.3, -0.25) is 0 Å². The first-order valence-corrected chi connectivity index (χ1v) is 7.50. The molecule has 112 valence electrons. The molecule has 0 saturated heterocycles. The summed E-state index contributed by atoms with van der Waals surface area (Å²) in [5.74, 6) is -1.26. The van der Waals surface area contributed by atoms with E-state index in [1.807, 2.05) is 13.8 Å².